The summed E-state index contributed by atoms with van der Waals surface area (Å²) in [6, 6.07) is -0.195. The van der Waals surface area contributed by atoms with Crippen molar-refractivity contribution in [1.82, 2.24) is 9.88 Å². The molecule has 8 heteroatoms. The molecule has 1 N–H and O–H groups in total. The van der Waals surface area contributed by atoms with Gasteiger partial charge in [0.15, 0.2) is 15.0 Å². The number of carbonyl (C=O) groups excluding carboxylic acids is 1. The van der Waals surface area contributed by atoms with Gasteiger partial charge in [-0.3, -0.25) is 4.79 Å². The number of hydrogen-bond acceptors (Lipinski definition) is 6. The molecule has 0 radical (unpaired) electrons. The number of likely N-dealkylation sites (N-methyl/N-ethyl adjacent to an activating group) is 1. The molecule has 1 aromatic rings. The zero-order chi connectivity index (χ0) is 14.0. The highest BCUT2D eigenvalue weighted by molar-refractivity contribution is 7.91. The quantitative estimate of drug-likeness (QED) is 0.869. The fourth-order valence-corrected chi connectivity index (χ4v) is 4.51. The summed E-state index contributed by atoms with van der Waals surface area (Å²) in [5.74, 6) is 0.166. The first-order valence-corrected chi connectivity index (χ1v) is 8.69. The Hall–Kier alpha value is -1.15. The van der Waals surface area contributed by atoms with Gasteiger partial charge in [0.2, 0.25) is 5.91 Å². The molecule has 0 saturated carbocycles. The Balaban J connectivity index is 1.96. The van der Waals surface area contributed by atoms with Gasteiger partial charge < -0.3 is 10.2 Å². The highest BCUT2D eigenvalue weighted by atomic mass is 32.2. The van der Waals surface area contributed by atoms with E-state index in [2.05, 4.69) is 10.3 Å². The SMILES string of the molecule is CNc1nc(CC(=O)N(C)C2CCS(=O)(=O)C2)cs1. The topological polar surface area (TPSA) is 79.4 Å². The van der Waals surface area contributed by atoms with Gasteiger partial charge in [-0.15, -0.1) is 11.3 Å². The predicted octanol–water partition coefficient (Wildman–Crippen LogP) is 0.373. The number of rotatable bonds is 4. The van der Waals surface area contributed by atoms with Crippen molar-refractivity contribution in [2.75, 3.05) is 30.9 Å². The van der Waals surface area contributed by atoms with Crippen LogP contribution in [0, 0.1) is 0 Å². The van der Waals surface area contributed by atoms with Crippen LogP contribution in [-0.2, 0) is 21.1 Å². The highest BCUT2D eigenvalue weighted by Gasteiger charge is 2.32. The maximum Gasteiger partial charge on any atom is 0.228 e. The summed E-state index contributed by atoms with van der Waals surface area (Å²) in [5.41, 5.74) is 0.715. The number of nitrogens with zero attached hydrogens (tertiary/aromatic N) is 2. The molecule has 1 fully saturated rings. The third kappa shape index (κ3) is 3.44. The monoisotopic (exact) mass is 303 g/mol. The highest BCUT2D eigenvalue weighted by Crippen LogP contribution is 2.19. The van der Waals surface area contributed by atoms with Crippen LogP contribution in [0.2, 0.25) is 0 Å². The fourth-order valence-electron chi connectivity index (χ4n) is 2.07. The van der Waals surface area contributed by atoms with E-state index >= 15 is 0 Å². The molecule has 1 amide bonds. The van der Waals surface area contributed by atoms with Crippen molar-refractivity contribution in [2.24, 2.45) is 0 Å². The van der Waals surface area contributed by atoms with Crippen molar-refractivity contribution in [3.05, 3.63) is 11.1 Å². The van der Waals surface area contributed by atoms with Gasteiger partial charge >= 0.3 is 0 Å². The number of carbonyl (C=O) groups is 1. The number of anilines is 1. The van der Waals surface area contributed by atoms with Crippen LogP contribution in [0.1, 0.15) is 12.1 Å². The zero-order valence-electron chi connectivity index (χ0n) is 10.9. The summed E-state index contributed by atoms with van der Waals surface area (Å²) >= 11 is 1.45. The molecule has 0 aliphatic carbocycles. The second-order valence-electron chi connectivity index (χ2n) is 4.63. The molecule has 1 aromatic heterocycles. The Morgan fingerprint density at radius 2 is 2.37 bits per heavy atom. The van der Waals surface area contributed by atoms with Gasteiger partial charge in [0.1, 0.15) is 0 Å². The van der Waals surface area contributed by atoms with Crippen molar-refractivity contribution >= 4 is 32.2 Å². The average Bonchev–Trinajstić information content (AvgIpc) is 2.94. The third-order valence-corrected chi connectivity index (χ3v) is 5.91. The van der Waals surface area contributed by atoms with E-state index in [1.54, 1.807) is 19.0 Å². The molecule has 0 aromatic carbocycles. The summed E-state index contributed by atoms with van der Waals surface area (Å²) in [6.07, 6.45) is 0.745. The molecule has 19 heavy (non-hydrogen) atoms. The van der Waals surface area contributed by atoms with Gasteiger partial charge in [0, 0.05) is 25.5 Å². The van der Waals surface area contributed by atoms with Gasteiger partial charge in [0.25, 0.3) is 0 Å². The van der Waals surface area contributed by atoms with Gasteiger partial charge in [0.05, 0.1) is 23.6 Å². The molecule has 6 nitrogen and oxygen atoms in total. The van der Waals surface area contributed by atoms with Crippen molar-refractivity contribution < 1.29 is 13.2 Å². The molecule has 1 saturated heterocycles. The maximum atomic E-state index is 12.1. The van der Waals surface area contributed by atoms with Crippen molar-refractivity contribution in [3.8, 4) is 0 Å². The van der Waals surface area contributed by atoms with Crippen LogP contribution in [0.25, 0.3) is 0 Å². The second-order valence-corrected chi connectivity index (χ2v) is 7.72. The minimum absolute atomic E-state index is 0.0775. The summed E-state index contributed by atoms with van der Waals surface area (Å²) in [6.45, 7) is 0. The van der Waals surface area contributed by atoms with Crippen molar-refractivity contribution in [2.45, 2.75) is 18.9 Å². The maximum absolute atomic E-state index is 12.1. The minimum atomic E-state index is -2.96. The average molecular weight is 303 g/mol. The van der Waals surface area contributed by atoms with Crippen LogP contribution in [0.5, 0.6) is 0 Å². The summed E-state index contributed by atoms with van der Waals surface area (Å²) in [4.78, 5) is 17.9. The van der Waals surface area contributed by atoms with Gasteiger partial charge in [-0.1, -0.05) is 0 Å². The zero-order valence-corrected chi connectivity index (χ0v) is 12.6. The summed E-state index contributed by atoms with van der Waals surface area (Å²) in [5, 5.41) is 5.53. The Morgan fingerprint density at radius 3 is 2.89 bits per heavy atom. The Kier molecular flexibility index (Phi) is 4.10. The van der Waals surface area contributed by atoms with E-state index in [1.807, 2.05) is 5.38 Å². The van der Waals surface area contributed by atoms with Crippen LogP contribution in [0.3, 0.4) is 0 Å². The van der Waals surface area contributed by atoms with E-state index in [4.69, 9.17) is 0 Å². The van der Waals surface area contributed by atoms with E-state index in [0.29, 0.717) is 12.1 Å². The largest absolute Gasteiger partial charge is 0.365 e. The van der Waals surface area contributed by atoms with E-state index in [1.165, 1.54) is 11.3 Å². The lowest BCUT2D eigenvalue weighted by Crippen LogP contribution is -2.38. The number of thiazole rings is 1. The lowest BCUT2D eigenvalue weighted by Gasteiger charge is -2.23. The summed E-state index contributed by atoms with van der Waals surface area (Å²) < 4.78 is 22.8. The van der Waals surface area contributed by atoms with E-state index in [-0.39, 0.29) is 29.9 Å². The van der Waals surface area contributed by atoms with Crippen molar-refractivity contribution in [3.63, 3.8) is 0 Å². The molecule has 0 bridgehead atoms. The van der Waals surface area contributed by atoms with Gasteiger partial charge in [-0.05, 0) is 6.42 Å². The first-order valence-electron chi connectivity index (χ1n) is 5.99. The van der Waals surface area contributed by atoms with Crippen LogP contribution < -0.4 is 5.32 Å². The van der Waals surface area contributed by atoms with Crippen LogP contribution >= 0.6 is 11.3 Å². The molecule has 1 unspecified atom stereocenters. The molecule has 1 aliphatic heterocycles. The molecule has 2 rings (SSSR count). The lowest BCUT2D eigenvalue weighted by molar-refractivity contribution is -0.130. The predicted molar refractivity (Wildman–Crippen MR) is 75.2 cm³/mol. The smallest absolute Gasteiger partial charge is 0.228 e. The van der Waals surface area contributed by atoms with E-state index in [9.17, 15) is 13.2 Å². The van der Waals surface area contributed by atoms with Gasteiger partial charge in [-0.2, -0.15) is 0 Å². The number of sulfone groups is 1. The number of hydrogen-bond donors (Lipinski definition) is 1. The Bertz CT molecular complexity index is 567. The number of aromatic nitrogens is 1. The first-order chi connectivity index (χ1) is 8.91. The fraction of sp³-hybridized carbons (Fsp3) is 0.636. The molecular weight excluding hydrogens is 286 g/mol. The minimum Gasteiger partial charge on any atom is -0.365 e. The standard InChI is InChI=1S/C11H17N3O3S2/c1-12-11-13-8(6-18-11)5-10(15)14(2)9-3-4-19(16,17)7-9/h6,9H,3-5,7H2,1-2H3,(H,12,13). The van der Waals surface area contributed by atoms with Crippen LogP contribution in [0.15, 0.2) is 5.38 Å². The van der Waals surface area contributed by atoms with Crippen LogP contribution in [0.4, 0.5) is 5.13 Å². The third-order valence-electron chi connectivity index (χ3n) is 3.25. The van der Waals surface area contributed by atoms with E-state index in [0.717, 1.165) is 5.13 Å². The molecule has 2 heterocycles. The van der Waals surface area contributed by atoms with Crippen LogP contribution in [-0.4, -0.2) is 55.9 Å². The normalized spacial score (nSPS) is 21.3. The first kappa shape index (κ1) is 14.3. The molecule has 1 aliphatic rings. The number of nitrogens with one attached hydrogen (secondary N) is 1. The second kappa shape index (κ2) is 5.46. The Labute approximate surface area is 116 Å². The number of amides is 1. The van der Waals surface area contributed by atoms with E-state index < -0.39 is 9.84 Å². The summed E-state index contributed by atoms with van der Waals surface area (Å²) in [7, 11) is 0.479. The van der Waals surface area contributed by atoms with Crippen molar-refractivity contribution in [1.29, 1.82) is 0 Å². The Morgan fingerprint density at radius 1 is 1.63 bits per heavy atom. The molecule has 1 atom stereocenters. The van der Waals surface area contributed by atoms with Gasteiger partial charge in [-0.25, -0.2) is 13.4 Å². The molecule has 0 spiro atoms. The molecule has 106 valence electrons. The lowest BCUT2D eigenvalue weighted by atomic mass is 10.2. The molecular formula is C11H17N3O3S2.